The predicted octanol–water partition coefficient (Wildman–Crippen LogP) is 3.15. The summed E-state index contributed by atoms with van der Waals surface area (Å²) in [6.07, 6.45) is 0. The van der Waals surface area contributed by atoms with Crippen LogP contribution >= 0.6 is 22.9 Å². The lowest BCUT2D eigenvalue weighted by Gasteiger charge is -2.07. The Kier molecular flexibility index (Phi) is 5.07. The third-order valence-corrected chi connectivity index (χ3v) is 6.21. The minimum absolute atomic E-state index is 0.0964. The highest BCUT2D eigenvalue weighted by Gasteiger charge is 2.14. The number of amides is 1. The van der Waals surface area contributed by atoms with E-state index in [1.54, 1.807) is 41.9 Å². The van der Waals surface area contributed by atoms with Crippen molar-refractivity contribution < 1.29 is 18.4 Å². The van der Waals surface area contributed by atoms with Crippen LogP contribution in [0.1, 0.15) is 15.2 Å². The summed E-state index contributed by atoms with van der Waals surface area (Å²) in [6.45, 7) is 0.101. The lowest BCUT2D eigenvalue weighted by Crippen LogP contribution is -2.23. The number of sulfonamides is 1. The summed E-state index contributed by atoms with van der Waals surface area (Å²) in [4.78, 5) is 11.9. The van der Waals surface area contributed by atoms with E-state index in [1.165, 1.54) is 23.5 Å². The molecule has 0 fully saturated rings. The maximum Gasteiger partial charge on any atom is 0.284 e. The maximum absolute atomic E-state index is 12.3. The molecule has 0 bridgehead atoms. The van der Waals surface area contributed by atoms with Gasteiger partial charge in [-0.25, -0.2) is 18.6 Å². The van der Waals surface area contributed by atoms with Crippen molar-refractivity contribution in [2.75, 3.05) is 0 Å². The van der Waals surface area contributed by atoms with E-state index >= 15 is 0 Å². The summed E-state index contributed by atoms with van der Waals surface area (Å²) in [6, 6.07) is 13.1. The molecule has 0 saturated carbocycles. The topological polar surface area (TPSA) is 95.5 Å². The standard InChI is InChI=1S/C16H13ClN2O4S2/c17-12-2-1-3-13(8-12)25(22,23)18-9-10-4-5-11-7-15(16(20)19-21)24-14(11)6-10/h1-8,18,21H,9H2,(H,19,20). The van der Waals surface area contributed by atoms with Crippen molar-refractivity contribution >= 4 is 49.0 Å². The summed E-state index contributed by atoms with van der Waals surface area (Å²) >= 11 is 7.04. The monoisotopic (exact) mass is 396 g/mol. The van der Waals surface area contributed by atoms with Gasteiger partial charge in [0.2, 0.25) is 10.0 Å². The third kappa shape index (κ3) is 4.00. The van der Waals surface area contributed by atoms with Crippen molar-refractivity contribution in [3.8, 4) is 0 Å². The molecule has 6 nitrogen and oxygen atoms in total. The highest BCUT2D eigenvalue weighted by molar-refractivity contribution is 7.89. The number of carbonyl (C=O) groups excluding carboxylic acids is 1. The van der Waals surface area contributed by atoms with Crippen molar-refractivity contribution in [2.24, 2.45) is 0 Å². The lowest BCUT2D eigenvalue weighted by atomic mass is 10.2. The molecule has 1 amide bonds. The second-order valence-electron chi connectivity index (χ2n) is 5.21. The molecule has 3 rings (SSSR count). The van der Waals surface area contributed by atoms with Crippen molar-refractivity contribution in [3.63, 3.8) is 0 Å². The highest BCUT2D eigenvalue weighted by Crippen LogP contribution is 2.27. The van der Waals surface area contributed by atoms with Gasteiger partial charge >= 0.3 is 0 Å². The summed E-state index contributed by atoms with van der Waals surface area (Å²) in [7, 11) is -3.67. The molecule has 25 heavy (non-hydrogen) atoms. The van der Waals surface area contributed by atoms with Gasteiger partial charge in [-0.1, -0.05) is 29.8 Å². The lowest BCUT2D eigenvalue weighted by molar-refractivity contribution is 0.0711. The molecule has 0 saturated heterocycles. The molecule has 1 aromatic heterocycles. The SMILES string of the molecule is O=C(NO)c1cc2ccc(CNS(=O)(=O)c3cccc(Cl)c3)cc2s1. The molecule has 0 atom stereocenters. The Morgan fingerprint density at radius 1 is 1.16 bits per heavy atom. The second-order valence-corrected chi connectivity index (χ2v) is 8.49. The first-order valence-electron chi connectivity index (χ1n) is 7.11. The second kappa shape index (κ2) is 7.11. The molecule has 130 valence electrons. The molecule has 1 heterocycles. The van der Waals surface area contributed by atoms with Gasteiger partial charge in [-0.2, -0.15) is 0 Å². The summed E-state index contributed by atoms with van der Waals surface area (Å²) in [5, 5.41) is 9.87. The number of hydroxylamine groups is 1. The van der Waals surface area contributed by atoms with E-state index in [0.717, 1.165) is 15.6 Å². The van der Waals surface area contributed by atoms with E-state index in [-0.39, 0.29) is 11.4 Å². The van der Waals surface area contributed by atoms with Gasteiger partial charge in [-0.3, -0.25) is 10.0 Å². The molecule has 0 aliphatic heterocycles. The summed E-state index contributed by atoms with van der Waals surface area (Å²) in [5.74, 6) is -0.579. The van der Waals surface area contributed by atoms with Crippen molar-refractivity contribution in [1.82, 2.24) is 10.2 Å². The zero-order valence-corrected chi connectivity index (χ0v) is 15.1. The van der Waals surface area contributed by atoms with Gasteiger partial charge in [0.05, 0.1) is 9.77 Å². The van der Waals surface area contributed by atoms with Crippen molar-refractivity contribution in [2.45, 2.75) is 11.4 Å². The Bertz CT molecular complexity index is 1050. The molecule has 2 aromatic carbocycles. The van der Waals surface area contributed by atoms with E-state index < -0.39 is 15.9 Å². The fourth-order valence-electron chi connectivity index (χ4n) is 2.25. The predicted molar refractivity (Wildman–Crippen MR) is 96.6 cm³/mol. The molecular weight excluding hydrogens is 384 g/mol. The van der Waals surface area contributed by atoms with Crippen LogP contribution in [0.3, 0.4) is 0 Å². The minimum atomic E-state index is -3.67. The average Bonchev–Trinajstić information content (AvgIpc) is 3.02. The molecule has 3 aromatic rings. The van der Waals surface area contributed by atoms with Crippen LogP contribution in [-0.2, 0) is 16.6 Å². The molecule has 3 N–H and O–H groups in total. The molecule has 0 aliphatic rings. The fraction of sp³-hybridized carbons (Fsp3) is 0.0625. The van der Waals surface area contributed by atoms with E-state index in [9.17, 15) is 13.2 Å². The Morgan fingerprint density at radius 3 is 2.68 bits per heavy atom. The van der Waals surface area contributed by atoms with Crippen molar-refractivity contribution in [3.05, 3.63) is 64.0 Å². The molecule has 0 radical (unpaired) electrons. The summed E-state index contributed by atoms with van der Waals surface area (Å²) in [5.41, 5.74) is 2.34. The number of nitrogens with one attached hydrogen (secondary N) is 2. The summed E-state index contributed by atoms with van der Waals surface area (Å²) < 4.78 is 28.0. The van der Waals surface area contributed by atoms with E-state index in [4.69, 9.17) is 16.8 Å². The first-order valence-corrected chi connectivity index (χ1v) is 9.79. The largest absolute Gasteiger partial charge is 0.288 e. The first kappa shape index (κ1) is 17.8. The van der Waals surface area contributed by atoms with Crippen LogP contribution in [0.4, 0.5) is 0 Å². The number of fused-ring (bicyclic) bond motifs is 1. The van der Waals surface area contributed by atoms with Crippen LogP contribution in [0.25, 0.3) is 10.1 Å². The highest BCUT2D eigenvalue weighted by atomic mass is 35.5. The van der Waals surface area contributed by atoms with Crippen LogP contribution in [0.2, 0.25) is 5.02 Å². The van der Waals surface area contributed by atoms with Gasteiger partial charge in [-0.05, 0) is 41.3 Å². The Hall–Kier alpha value is -1.97. The zero-order valence-electron chi connectivity index (χ0n) is 12.7. The molecule has 0 aliphatic carbocycles. The normalized spacial score (nSPS) is 11.6. The Balaban J connectivity index is 1.80. The Labute approximate surface area is 153 Å². The number of rotatable bonds is 5. The molecule has 0 spiro atoms. The van der Waals surface area contributed by atoms with Gasteiger partial charge in [0.15, 0.2) is 0 Å². The van der Waals surface area contributed by atoms with Gasteiger partial charge in [0, 0.05) is 16.3 Å². The van der Waals surface area contributed by atoms with Crippen LogP contribution in [0.5, 0.6) is 0 Å². The molecular formula is C16H13ClN2O4S2. The molecule has 9 heteroatoms. The van der Waals surface area contributed by atoms with Crippen LogP contribution in [-0.4, -0.2) is 19.5 Å². The number of carbonyl (C=O) groups is 1. The fourth-order valence-corrected chi connectivity index (χ4v) is 4.58. The van der Waals surface area contributed by atoms with Gasteiger partial charge in [0.1, 0.15) is 0 Å². The number of hydrogen-bond acceptors (Lipinski definition) is 5. The number of thiophene rings is 1. The van der Waals surface area contributed by atoms with Crippen molar-refractivity contribution in [1.29, 1.82) is 0 Å². The number of hydrogen-bond donors (Lipinski definition) is 3. The minimum Gasteiger partial charge on any atom is -0.288 e. The Morgan fingerprint density at radius 2 is 1.96 bits per heavy atom. The van der Waals surface area contributed by atoms with Gasteiger partial charge in [-0.15, -0.1) is 11.3 Å². The van der Waals surface area contributed by atoms with E-state index in [1.807, 2.05) is 0 Å². The van der Waals surface area contributed by atoms with Crippen LogP contribution in [0, 0.1) is 0 Å². The van der Waals surface area contributed by atoms with Crippen LogP contribution < -0.4 is 10.2 Å². The quantitative estimate of drug-likeness (QED) is 0.456. The van der Waals surface area contributed by atoms with Crippen LogP contribution in [0.15, 0.2) is 53.4 Å². The van der Waals surface area contributed by atoms with E-state index in [2.05, 4.69) is 4.72 Å². The first-order chi connectivity index (χ1) is 11.9. The molecule has 0 unspecified atom stereocenters. The smallest absolute Gasteiger partial charge is 0.284 e. The average molecular weight is 397 g/mol. The number of halogens is 1. The number of benzene rings is 2. The third-order valence-electron chi connectivity index (χ3n) is 3.48. The van der Waals surface area contributed by atoms with Gasteiger partial charge < -0.3 is 0 Å². The zero-order chi connectivity index (χ0) is 18.0. The van der Waals surface area contributed by atoms with E-state index in [0.29, 0.717) is 9.90 Å². The van der Waals surface area contributed by atoms with Gasteiger partial charge in [0.25, 0.3) is 5.91 Å². The maximum atomic E-state index is 12.3.